The molecule has 7 heteroatoms. The van der Waals surface area contributed by atoms with Gasteiger partial charge in [-0.15, -0.1) is 5.10 Å². The summed E-state index contributed by atoms with van der Waals surface area (Å²) in [6.45, 7) is 0.526. The standard InChI is InChI=1S/C21H15N5O2/c27-19-8-4-15(11-20(19)28)17-6-7-18-21(23-17)26(25-24-18)12-13-3-5-16-14(10-13)2-1-9-22-16/h1-11,27-28H,12H2. The Morgan fingerprint density at radius 1 is 0.857 bits per heavy atom. The fourth-order valence-electron chi connectivity index (χ4n) is 3.20. The number of aromatic hydroxyl groups is 2. The second-order valence-electron chi connectivity index (χ2n) is 6.52. The van der Waals surface area contributed by atoms with E-state index in [4.69, 9.17) is 0 Å². The second kappa shape index (κ2) is 6.31. The van der Waals surface area contributed by atoms with Crippen LogP contribution in [0, 0.1) is 0 Å². The zero-order valence-corrected chi connectivity index (χ0v) is 14.7. The molecule has 0 atom stereocenters. The zero-order chi connectivity index (χ0) is 19.1. The molecule has 28 heavy (non-hydrogen) atoms. The van der Waals surface area contributed by atoms with Gasteiger partial charge in [-0.3, -0.25) is 4.98 Å². The lowest BCUT2D eigenvalue weighted by atomic mass is 10.1. The van der Waals surface area contributed by atoms with Crippen LogP contribution in [0.1, 0.15) is 5.56 Å². The van der Waals surface area contributed by atoms with Gasteiger partial charge in [-0.05, 0) is 54.1 Å². The van der Waals surface area contributed by atoms with Crippen LogP contribution in [0.3, 0.4) is 0 Å². The lowest BCUT2D eigenvalue weighted by Crippen LogP contribution is -2.03. The summed E-state index contributed by atoms with van der Waals surface area (Å²) in [5.74, 6) is -0.349. The Kier molecular flexibility index (Phi) is 3.65. The third-order valence-electron chi connectivity index (χ3n) is 4.63. The van der Waals surface area contributed by atoms with Crippen molar-refractivity contribution in [1.82, 2.24) is 25.0 Å². The Balaban J connectivity index is 1.54. The molecule has 0 aliphatic carbocycles. The number of hydrogen-bond acceptors (Lipinski definition) is 6. The SMILES string of the molecule is Oc1ccc(-c2ccc3nnn(Cc4ccc5ncccc5c4)c3n2)cc1O. The van der Waals surface area contributed by atoms with Crippen LogP contribution in [0.15, 0.2) is 66.9 Å². The predicted molar refractivity (Wildman–Crippen MR) is 105 cm³/mol. The zero-order valence-electron chi connectivity index (χ0n) is 14.7. The maximum Gasteiger partial charge on any atom is 0.179 e. The average molecular weight is 369 g/mol. The molecule has 2 N–H and O–H groups in total. The van der Waals surface area contributed by atoms with E-state index in [9.17, 15) is 10.2 Å². The highest BCUT2D eigenvalue weighted by atomic mass is 16.3. The maximum absolute atomic E-state index is 9.76. The topological polar surface area (TPSA) is 97.0 Å². The van der Waals surface area contributed by atoms with E-state index < -0.39 is 0 Å². The number of benzene rings is 2. The van der Waals surface area contributed by atoms with E-state index in [1.165, 1.54) is 12.1 Å². The van der Waals surface area contributed by atoms with Gasteiger partial charge < -0.3 is 10.2 Å². The minimum Gasteiger partial charge on any atom is -0.504 e. The van der Waals surface area contributed by atoms with Gasteiger partial charge in [0.1, 0.15) is 5.52 Å². The van der Waals surface area contributed by atoms with Gasteiger partial charge >= 0.3 is 0 Å². The van der Waals surface area contributed by atoms with E-state index in [0.29, 0.717) is 29.0 Å². The third kappa shape index (κ3) is 2.79. The molecule has 0 saturated heterocycles. The number of phenols is 2. The minimum atomic E-state index is -0.184. The number of fused-ring (bicyclic) bond motifs is 2. The number of pyridine rings is 2. The highest BCUT2D eigenvalue weighted by Crippen LogP contribution is 2.30. The molecular formula is C21H15N5O2. The van der Waals surface area contributed by atoms with Crippen LogP contribution in [-0.4, -0.2) is 35.2 Å². The van der Waals surface area contributed by atoms with Crippen molar-refractivity contribution < 1.29 is 10.2 Å². The molecule has 0 aliphatic rings. The van der Waals surface area contributed by atoms with Crippen LogP contribution in [0.4, 0.5) is 0 Å². The molecule has 5 aromatic rings. The number of rotatable bonds is 3. The van der Waals surface area contributed by atoms with Crippen molar-refractivity contribution >= 4 is 22.1 Å². The Morgan fingerprint density at radius 3 is 2.64 bits per heavy atom. The van der Waals surface area contributed by atoms with Gasteiger partial charge in [0, 0.05) is 17.1 Å². The normalized spacial score (nSPS) is 11.3. The highest BCUT2D eigenvalue weighted by Gasteiger charge is 2.11. The van der Waals surface area contributed by atoms with Crippen molar-refractivity contribution in [2.24, 2.45) is 0 Å². The van der Waals surface area contributed by atoms with Crippen LogP contribution in [-0.2, 0) is 6.54 Å². The molecule has 3 aromatic heterocycles. The van der Waals surface area contributed by atoms with Gasteiger partial charge in [-0.1, -0.05) is 17.3 Å². The van der Waals surface area contributed by atoms with E-state index >= 15 is 0 Å². The van der Waals surface area contributed by atoms with Crippen LogP contribution < -0.4 is 0 Å². The monoisotopic (exact) mass is 369 g/mol. The largest absolute Gasteiger partial charge is 0.504 e. The van der Waals surface area contributed by atoms with E-state index in [1.807, 2.05) is 36.4 Å². The first-order valence-corrected chi connectivity index (χ1v) is 8.74. The van der Waals surface area contributed by atoms with Gasteiger partial charge in [0.2, 0.25) is 0 Å². The lowest BCUT2D eigenvalue weighted by Gasteiger charge is -2.06. The Hall–Kier alpha value is -4.00. The first-order chi connectivity index (χ1) is 13.7. The van der Waals surface area contributed by atoms with E-state index in [0.717, 1.165) is 16.5 Å². The molecule has 0 bridgehead atoms. The van der Waals surface area contributed by atoms with E-state index in [2.05, 4.69) is 26.3 Å². The smallest absolute Gasteiger partial charge is 0.179 e. The first kappa shape index (κ1) is 16.2. The van der Waals surface area contributed by atoms with Crippen molar-refractivity contribution in [3.63, 3.8) is 0 Å². The molecule has 0 saturated carbocycles. The third-order valence-corrected chi connectivity index (χ3v) is 4.63. The average Bonchev–Trinajstić information content (AvgIpc) is 3.12. The minimum absolute atomic E-state index is 0.165. The van der Waals surface area contributed by atoms with E-state index in [-0.39, 0.29) is 11.5 Å². The summed E-state index contributed by atoms with van der Waals surface area (Å²) < 4.78 is 1.75. The van der Waals surface area contributed by atoms with E-state index in [1.54, 1.807) is 16.9 Å². The molecule has 7 nitrogen and oxygen atoms in total. The van der Waals surface area contributed by atoms with Crippen molar-refractivity contribution in [3.05, 3.63) is 72.4 Å². The summed E-state index contributed by atoms with van der Waals surface area (Å²) in [4.78, 5) is 9.01. The predicted octanol–water partition coefficient (Wildman–Crippen LogP) is 3.50. The van der Waals surface area contributed by atoms with Gasteiger partial charge in [-0.2, -0.15) is 0 Å². The van der Waals surface area contributed by atoms with Crippen LogP contribution in [0.2, 0.25) is 0 Å². The molecule has 0 aliphatic heterocycles. The number of nitrogens with zero attached hydrogens (tertiary/aromatic N) is 5. The van der Waals surface area contributed by atoms with Gasteiger partial charge in [0.25, 0.3) is 0 Å². The fraction of sp³-hybridized carbons (Fsp3) is 0.0476. The Morgan fingerprint density at radius 2 is 1.75 bits per heavy atom. The summed E-state index contributed by atoms with van der Waals surface area (Å²) in [7, 11) is 0. The maximum atomic E-state index is 9.76. The Bertz CT molecular complexity index is 1330. The summed E-state index contributed by atoms with van der Waals surface area (Å²) >= 11 is 0. The van der Waals surface area contributed by atoms with Crippen molar-refractivity contribution in [2.75, 3.05) is 0 Å². The molecule has 2 aromatic carbocycles. The number of phenolic OH excluding ortho intramolecular Hbond substituents is 2. The van der Waals surface area contributed by atoms with Crippen molar-refractivity contribution in [3.8, 4) is 22.8 Å². The van der Waals surface area contributed by atoms with Gasteiger partial charge in [0.15, 0.2) is 17.1 Å². The van der Waals surface area contributed by atoms with Crippen molar-refractivity contribution in [1.29, 1.82) is 0 Å². The van der Waals surface area contributed by atoms with Gasteiger partial charge in [0.05, 0.1) is 17.8 Å². The number of hydrogen-bond donors (Lipinski definition) is 2. The highest BCUT2D eigenvalue weighted by molar-refractivity contribution is 5.79. The second-order valence-corrected chi connectivity index (χ2v) is 6.52. The van der Waals surface area contributed by atoms with Crippen LogP contribution in [0.5, 0.6) is 11.5 Å². The molecule has 0 unspecified atom stereocenters. The molecule has 0 spiro atoms. The molecule has 3 heterocycles. The first-order valence-electron chi connectivity index (χ1n) is 8.74. The Labute approximate surface area is 159 Å². The molecule has 5 rings (SSSR count). The molecular weight excluding hydrogens is 354 g/mol. The molecule has 0 amide bonds. The fourth-order valence-corrected chi connectivity index (χ4v) is 3.20. The molecule has 136 valence electrons. The summed E-state index contributed by atoms with van der Waals surface area (Å²) in [6.07, 6.45) is 1.78. The quantitative estimate of drug-likeness (QED) is 0.473. The van der Waals surface area contributed by atoms with Crippen molar-refractivity contribution in [2.45, 2.75) is 6.54 Å². The van der Waals surface area contributed by atoms with Crippen LogP contribution in [0.25, 0.3) is 33.3 Å². The summed E-state index contributed by atoms with van der Waals surface area (Å²) in [5.41, 5.74) is 4.71. The summed E-state index contributed by atoms with van der Waals surface area (Å²) in [6, 6.07) is 18.3. The molecule has 0 radical (unpaired) electrons. The number of aromatic nitrogens is 5. The van der Waals surface area contributed by atoms with Crippen LogP contribution >= 0.6 is 0 Å². The molecule has 0 fully saturated rings. The lowest BCUT2D eigenvalue weighted by molar-refractivity contribution is 0.404. The summed E-state index contributed by atoms with van der Waals surface area (Å²) in [5, 5.41) is 28.8. The van der Waals surface area contributed by atoms with Gasteiger partial charge in [-0.25, -0.2) is 9.67 Å².